The molecular formula is C12H18ClNO. The van der Waals surface area contributed by atoms with E-state index in [2.05, 4.69) is 12.2 Å². The molecule has 1 aromatic carbocycles. The quantitative estimate of drug-likeness (QED) is 0.835. The van der Waals surface area contributed by atoms with Crippen LogP contribution in [0.25, 0.3) is 0 Å². The molecule has 0 radical (unpaired) electrons. The van der Waals surface area contributed by atoms with Crippen LogP contribution in [0.4, 0.5) is 0 Å². The first-order valence-electron chi connectivity index (χ1n) is 5.19. The Hall–Kier alpha value is -0.730. The van der Waals surface area contributed by atoms with Crippen LogP contribution >= 0.6 is 11.6 Å². The van der Waals surface area contributed by atoms with Crippen molar-refractivity contribution < 1.29 is 4.74 Å². The molecule has 0 saturated carbocycles. The zero-order valence-electron chi connectivity index (χ0n) is 9.51. The predicted octanol–water partition coefficient (Wildman–Crippen LogP) is 3.03. The summed E-state index contributed by atoms with van der Waals surface area (Å²) in [6, 6.07) is 6.22. The number of rotatable bonds is 5. The van der Waals surface area contributed by atoms with Gasteiger partial charge < -0.3 is 10.1 Å². The van der Waals surface area contributed by atoms with Crippen molar-refractivity contribution in [2.45, 2.75) is 26.3 Å². The molecule has 0 aliphatic rings. The molecule has 0 amide bonds. The Morgan fingerprint density at radius 2 is 2.20 bits per heavy atom. The third-order valence-electron chi connectivity index (χ3n) is 2.44. The molecule has 1 N–H and O–H groups in total. The van der Waals surface area contributed by atoms with Gasteiger partial charge in [0.1, 0.15) is 5.75 Å². The van der Waals surface area contributed by atoms with Crippen molar-refractivity contribution in [3.8, 4) is 5.75 Å². The molecule has 1 atom stereocenters. The lowest BCUT2D eigenvalue weighted by molar-refractivity contribution is 0.293. The van der Waals surface area contributed by atoms with Crippen molar-refractivity contribution in [3.63, 3.8) is 0 Å². The van der Waals surface area contributed by atoms with Gasteiger partial charge in [-0.3, -0.25) is 0 Å². The van der Waals surface area contributed by atoms with Crippen LogP contribution < -0.4 is 10.1 Å². The SMILES string of the molecule is CNC(C)CCOc1ccc(Cl)c(C)c1. The average molecular weight is 228 g/mol. The largest absolute Gasteiger partial charge is 0.494 e. The van der Waals surface area contributed by atoms with Crippen molar-refractivity contribution in [3.05, 3.63) is 28.8 Å². The smallest absolute Gasteiger partial charge is 0.119 e. The first kappa shape index (κ1) is 12.3. The van der Waals surface area contributed by atoms with Gasteiger partial charge >= 0.3 is 0 Å². The second-order valence-corrected chi connectivity index (χ2v) is 4.15. The molecular weight excluding hydrogens is 210 g/mol. The zero-order valence-corrected chi connectivity index (χ0v) is 10.3. The van der Waals surface area contributed by atoms with Crippen LogP contribution in [0.2, 0.25) is 5.02 Å². The van der Waals surface area contributed by atoms with Crippen molar-refractivity contribution in [1.29, 1.82) is 0 Å². The normalized spacial score (nSPS) is 12.5. The number of hydrogen-bond donors (Lipinski definition) is 1. The Morgan fingerprint density at radius 3 is 2.80 bits per heavy atom. The molecule has 0 bridgehead atoms. The van der Waals surface area contributed by atoms with Gasteiger partial charge in [0.05, 0.1) is 6.61 Å². The summed E-state index contributed by atoms with van der Waals surface area (Å²) in [7, 11) is 1.96. The number of nitrogens with one attached hydrogen (secondary N) is 1. The summed E-state index contributed by atoms with van der Waals surface area (Å²) >= 11 is 5.92. The summed E-state index contributed by atoms with van der Waals surface area (Å²) < 4.78 is 5.62. The summed E-state index contributed by atoms with van der Waals surface area (Å²) in [6.07, 6.45) is 0.998. The molecule has 2 nitrogen and oxygen atoms in total. The van der Waals surface area contributed by atoms with Crippen LogP contribution in [0.1, 0.15) is 18.9 Å². The van der Waals surface area contributed by atoms with E-state index in [9.17, 15) is 0 Å². The Labute approximate surface area is 96.6 Å². The highest BCUT2D eigenvalue weighted by Gasteiger charge is 2.00. The number of halogens is 1. The van der Waals surface area contributed by atoms with Gasteiger partial charge in [-0.05, 0) is 51.1 Å². The van der Waals surface area contributed by atoms with E-state index in [-0.39, 0.29) is 0 Å². The highest BCUT2D eigenvalue weighted by atomic mass is 35.5. The van der Waals surface area contributed by atoms with Gasteiger partial charge in [0.2, 0.25) is 0 Å². The van der Waals surface area contributed by atoms with Crippen LogP contribution in [0, 0.1) is 6.92 Å². The van der Waals surface area contributed by atoms with Crippen molar-refractivity contribution in [2.24, 2.45) is 0 Å². The van der Waals surface area contributed by atoms with E-state index in [1.807, 2.05) is 32.2 Å². The molecule has 84 valence electrons. The molecule has 0 heterocycles. The molecule has 0 saturated heterocycles. The Bertz CT molecular complexity index is 314. The maximum absolute atomic E-state index is 5.92. The Balaban J connectivity index is 2.41. The van der Waals surface area contributed by atoms with Gasteiger partial charge in [0.15, 0.2) is 0 Å². The number of aryl methyl sites for hydroxylation is 1. The molecule has 0 aliphatic carbocycles. The summed E-state index contributed by atoms with van der Waals surface area (Å²) in [5.41, 5.74) is 1.05. The Morgan fingerprint density at radius 1 is 1.47 bits per heavy atom. The standard InChI is InChI=1S/C12H18ClNO/c1-9-8-11(4-5-12(9)13)15-7-6-10(2)14-3/h4-5,8,10,14H,6-7H2,1-3H3. The summed E-state index contributed by atoms with van der Waals surface area (Å²) in [4.78, 5) is 0. The predicted molar refractivity (Wildman–Crippen MR) is 64.8 cm³/mol. The van der Waals surface area contributed by atoms with Gasteiger partial charge in [-0.15, -0.1) is 0 Å². The van der Waals surface area contributed by atoms with Crippen LogP contribution in [0.3, 0.4) is 0 Å². The summed E-state index contributed by atoms with van der Waals surface area (Å²) in [5.74, 6) is 0.889. The van der Waals surface area contributed by atoms with Gasteiger partial charge in [0.25, 0.3) is 0 Å². The maximum Gasteiger partial charge on any atom is 0.119 e. The third kappa shape index (κ3) is 4.10. The molecule has 0 aromatic heterocycles. The fourth-order valence-electron chi connectivity index (χ4n) is 1.20. The lowest BCUT2D eigenvalue weighted by Crippen LogP contribution is -2.23. The fourth-order valence-corrected chi connectivity index (χ4v) is 1.32. The lowest BCUT2D eigenvalue weighted by Gasteiger charge is -2.11. The lowest BCUT2D eigenvalue weighted by atomic mass is 10.2. The van der Waals surface area contributed by atoms with Crippen molar-refractivity contribution in [2.75, 3.05) is 13.7 Å². The highest BCUT2D eigenvalue weighted by Crippen LogP contribution is 2.21. The number of hydrogen-bond acceptors (Lipinski definition) is 2. The molecule has 3 heteroatoms. The molecule has 1 rings (SSSR count). The van der Waals surface area contributed by atoms with Gasteiger partial charge in [-0.2, -0.15) is 0 Å². The second kappa shape index (κ2) is 5.99. The third-order valence-corrected chi connectivity index (χ3v) is 2.87. The summed E-state index contributed by atoms with van der Waals surface area (Å²) in [6.45, 7) is 4.84. The van der Waals surface area contributed by atoms with E-state index in [0.29, 0.717) is 6.04 Å². The number of ether oxygens (including phenoxy) is 1. The van der Waals surface area contributed by atoms with Crippen molar-refractivity contribution in [1.82, 2.24) is 5.32 Å². The topological polar surface area (TPSA) is 21.3 Å². The molecule has 1 unspecified atom stereocenters. The van der Waals surface area contributed by atoms with Gasteiger partial charge in [0, 0.05) is 11.1 Å². The summed E-state index contributed by atoms with van der Waals surface area (Å²) in [5, 5.41) is 3.95. The molecule has 0 aliphatic heterocycles. The molecule has 0 fully saturated rings. The molecule has 1 aromatic rings. The van der Waals surface area contributed by atoms with Crippen LogP contribution in [0.5, 0.6) is 5.75 Å². The van der Waals surface area contributed by atoms with Gasteiger partial charge in [-0.1, -0.05) is 11.6 Å². The average Bonchev–Trinajstić information content (AvgIpc) is 2.23. The van der Waals surface area contributed by atoms with Crippen LogP contribution in [-0.4, -0.2) is 19.7 Å². The first-order valence-corrected chi connectivity index (χ1v) is 5.57. The van der Waals surface area contributed by atoms with Gasteiger partial charge in [-0.25, -0.2) is 0 Å². The van der Waals surface area contributed by atoms with E-state index in [1.54, 1.807) is 0 Å². The minimum absolute atomic E-state index is 0.485. The fraction of sp³-hybridized carbons (Fsp3) is 0.500. The second-order valence-electron chi connectivity index (χ2n) is 3.74. The number of benzene rings is 1. The molecule has 0 spiro atoms. The maximum atomic E-state index is 5.92. The van der Waals surface area contributed by atoms with E-state index < -0.39 is 0 Å². The van der Waals surface area contributed by atoms with E-state index in [4.69, 9.17) is 16.3 Å². The van der Waals surface area contributed by atoms with Crippen molar-refractivity contribution >= 4 is 11.6 Å². The Kier molecular flexibility index (Phi) is 4.92. The minimum atomic E-state index is 0.485. The minimum Gasteiger partial charge on any atom is -0.494 e. The van der Waals surface area contributed by atoms with E-state index in [0.717, 1.165) is 29.4 Å². The zero-order chi connectivity index (χ0) is 11.3. The monoisotopic (exact) mass is 227 g/mol. The highest BCUT2D eigenvalue weighted by molar-refractivity contribution is 6.31. The van der Waals surface area contributed by atoms with E-state index >= 15 is 0 Å². The van der Waals surface area contributed by atoms with E-state index in [1.165, 1.54) is 0 Å². The molecule has 15 heavy (non-hydrogen) atoms. The first-order chi connectivity index (χ1) is 7.13. The van der Waals surface area contributed by atoms with Crippen LogP contribution in [-0.2, 0) is 0 Å². The van der Waals surface area contributed by atoms with Crippen LogP contribution in [0.15, 0.2) is 18.2 Å².